The van der Waals surface area contributed by atoms with Crippen molar-refractivity contribution in [1.82, 2.24) is 29.2 Å². The lowest BCUT2D eigenvalue weighted by atomic mass is 10.1. The first-order valence-corrected chi connectivity index (χ1v) is 13.8. The van der Waals surface area contributed by atoms with E-state index in [-0.39, 0.29) is 12.1 Å². The van der Waals surface area contributed by atoms with E-state index in [9.17, 15) is 9.90 Å². The van der Waals surface area contributed by atoms with Crippen molar-refractivity contribution in [3.8, 4) is 5.82 Å². The van der Waals surface area contributed by atoms with Crippen molar-refractivity contribution in [3.05, 3.63) is 77.4 Å². The molecule has 1 aromatic carbocycles. The number of anilines is 3. The molecule has 2 N–H and O–H groups in total. The standard InChI is InChI=1S/C30H36N8O2/c1-6-14-37-28(39)24-16-31-29(34-27(24)38(37)26-9-7-8-25(33-26)30(4,5)40)32-20-10-12-21(13-11-20)36-18-22-15-23(36)17-35(22)19(2)3/h6-13,16,19,22-23,40H,1,14-15,17-18H2,2-5H3,(H,31,32,34)/t22-,23-/m0/s1. The van der Waals surface area contributed by atoms with Gasteiger partial charge in [-0.1, -0.05) is 12.1 Å². The average molecular weight is 541 g/mol. The number of aliphatic hydroxyl groups is 1. The third kappa shape index (κ3) is 4.56. The van der Waals surface area contributed by atoms with Crippen molar-refractivity contribution in [2.45, 2.75) is 64.4 Å². The van der Waals surface area contributed by atoms with Gasteiger partial charge in [-0.05, 0) is 70.5 Å². The first-order chi connectivity index (χ1) is 19.1. The van der Waals surface area contributed by atoms with Crippen LogP contribution in [0.15, 0.2) is 66.1 Å². The second-order valence-corrected chi connectivity index (χ2v) is 11.5. The zero-order chi connectivity index (χ0) is 28.2. The number of pyridine rings is 1. The van der Waals surface area contributed by atoms with Crippen LogP contribution in [0.4, 0.5) is 17.3 Å². The summed E-state index contributed by atoms with van der Waals surface area (Å²) in [6.45, 7) is 14.2. The quantitative estimate of drug-likeness (QED) is 0.325. The lowest BCUT2D eigenvalue weighted by molar-refractivity contribution is 0.0738. The summed E-state index contributed by atoms with van der Waals surface area (Å²) in [5.41, 5.74) is 1.61. The smallest absolute Gasteiger partial charge is 0.278 e. The third-order valence-corrected chi connectivity index (χ3v) is 7.96. The summed E-state index contributed by atoms with van der Waals surface area (Å²) in [7, 11) is 0. The van der Waals surface area contributed by atoms with Gasteiger partial charge in [0.05, 0.1) is 12.2 Å². The van der Waals surface area contributed by atoms with Gasteiger partial charge in [-0.3, -0.25) is 9.69 Å². The number of nitrogens with zero attached hydrogens (tertiary/aromatic N) is 7. The Morgan fingerprint density at radius 1 is 1.12 bits per heavy atom. The second kappa shape index (κ2) is 9.87. The highest BCUT2D eigenvalue weighted by Gasteiger charge is 2.43. The molecule has 5 heterocycles. The number of rotatable bonds is 8. The molecule has 3 aromatic heterocycles. The highest BCUT2D eigenvalue weighted by Crippen LogP contribution is 2.36. The fraction of sp³-hybridized carbons (Fsp3) is 0.400. The van der Waals surface area contributed by atoms with E-state index in [1.165, 1.54) is 16.8 Å². The van der Waals surface area contributed by atoms with Gasteiger partial charge >= 0.3 is 0 Å². The Balaban J connectivity index is 1.30. The van der Waals surface area contributed by atoms with Crippen molar-refractivity contribution in [1.29, 1.82) is 0 Å². The Bertz CT molecular complexity index is 1620. The molecule has 40 heavy (non-hydrogen) atoms. The lowest BCUT2D eigenvalue weighted by Gasteiger charge is -2.37. The number of likely N-dealkylation sites (tertiary alicyclic amines) is 1. The molecule has 4 aromatic rings. The zero-order valence-electron chi connectivity index (χ0n) is 23.4. The molecule has 0 aliphatic carbocycles. The van der Waals surface area contributed by atoms with E-state index in [2.05, 4.69) is 57.6 Å². The van der Waals surface area contributed by atoms with Crippen molar-refractivity contribution in [2.24, 2.45) is 0 Å². The van der Waals surface area contributed by atoms with Gasteiger partial charge < -0.3 is 15.3 Å². The molecule has 0 spiro atoms. The van der Waals surface area contributed by atoms with E-state index >= 15 is 0 Å². The van der Waals surface area contributed by atoms with Crippen LogP contribution >= 0.6 is 0 Å². The van der Waals surface area contributed by atoms with Gasteiger partial charge in [-0.15, -0.1) is 6.58 Å². The molecule has 2 atom stereocenters. The van der Waals surface area contributed by atoms with Gasteiger partial charge in [0.15, 0.2) is 11.5 Å². The van der Waals surface area contributed by atoms with Crippen molar-refractivity contribution in [3.63, 3.8) is 0 Å². The summed E-state index contributed by atoms with van der Waals surface area (Å²) in [4.78, 5) is 32.2. The number of piperazine rings is 1. The van der Waals surface area contributed by atoms with Gasteiger partial charge in [0.2, 0.25) is 5.95 Å². The summed E-state index contributed by atoms with van der Waals surface area (Å²) in [6, 6.07) is 15.5. The summed E-state index contributed by atoms with van der Waals surface area (Å²) in [6.07, 6.45) is 4.42. The maximum atomic E-state index is 13.2. The molecule has 0 amide bonds. The number of hydrogen-bond acceptors (Lipinski definition) is 8. The molecule has 2 fully saturated rings. The fourth-order valence-electron chi connectivity index (χ4n) is 6.00. The fourth-order valence-corrected chi connectivity index (χ4v) is 6.00. The summed E-state index contributed by atoms with van der Waals surface area (Å²) in [5, 5.41) is 14.2. The Morgan fingerprint density at radius 3 is 2.55 bits per heavy atom. The molecular weight excluding hydrogens is 504 g/mol. The average Bonchev–Trinajstić information content (AvgIpc) is 3.61. The van der Waals surface area contributed by atoms with Crippen LogP contribution in [0.2, 0.25) is 0 Å². The van der Waals surface area contributed by atoms with E-state index in [4.69, 9.17) is 4.98 Å². The first kappa shape index (κ1) is 26.2. The molecule has 10 nitrogen and oxygen atoms in total. The molecule has 6 rings (SSSR count). The van der Waals surface area contributed by atoms with Crippen molar-refractivity contribution < 1.29 is 5.11 Å². The Hall–Kier alpha value is -4.02. The van der Waals surface area contributed by atoms with Crippen molar-refractivity contribution >= 4 is 28.4 Å². The maximum absolute atomic E-state index is 13.2. The van der Waals surface area contributed by atoms with Crippen LogP contribution in [0.25, 0.3) is 16.9 Å². The van der Waals surface area contributed by atoms with Crippen LogP contribution in [-0.2, 0) is 12.1 Å². The number of allylic oxidation sites excluding steroid dienone is 1. The predicted octanol–water partition coefficient (Wildman–Crippen LogP) is 3.81. The molecule has 2 bridgehead atoms. The molecule has 2 aliphatic rings. The highest BCUT2D eigenvalue weighted by molar-refractivity contribution is 5.77. The monoisotopic (exact) mass is 540 g/mol. The van der Waals surface area contributed by atoms with Crippen LogP contribution in [0.1, 0.15) is 39.8 Å². The summed E-state index contributed by atoms with van der Waals surface area (Å²) >= 11 is 0. The SMILES string of the molecule is C=CCn1c(=O)c2cnc(Nc3ccc(N4C[C@@H]5C[C@H]4CN5C(C)C)cc3)nc2n1-c1cccc(C(C)(C)O)n1. The minimum Gasteiger partial charge on any atom is -0.384 e. The molecule has 0 saturated carbocycles. The van der Waals surface area contributed by atoms with Gasteiger partial charge in [0.25, 0.3) is 5.56 Å². The third-order valence-electron chi connectivity index (χ3n) is 7.96. The van der Waals surface area contributed by atoms with Crippen LogP contribution in [-0.4, -0.2) is 65.5 Å². The van der Waals surface area contributed by atoms with Gasteiger partial charge in [0, 0.05) is 48.8 Å². The van der Waals surface area contributed by atoms with E-state index in [1.807, 2.05) is 12.1 Å². The molecule has 0 radical (unpaired) electrons. The summed E-state index contributed by atoms with van der Waals surface area (Å²) < 4.78 is 3.18. The van der Waals surface area contributed by atoms with E-state index < -0.39 is 5.60 Å². The minimum atomic E-state index is -1.14. The topological polar surface area (TPSA) is 104 Å². The zero-order valence-corrected chi connectivity index (χ0v) is 23.4. The maximum Gasteiger partial charge on any atom is 0.278 e. The molecule has 2 aliphatic heterocycles. The van der Waals surface area contributed by atoms with Gasteiger partial charge in [-0.2, -0.15) is 4.98 Å². The predicted molar refractivity (Wildman–Crippen MR) is 157 cm³/mol. The highest BCUT2D eigenvalue weighted by atomic mass is 16.3. The molecule has 208 valence electrons. The lowest BCUT2D eigenvalue weighted by Crippen LogP contribution is -2.48. The number of hydrogen-bond donors (Lipinski definition) is 2. The first-order valence-electron chi connectivity index (χ1n) is 13.8. The number of benzene rings is 1. The van der Waals surface area contributed by atoms with Gasteiger partial charge in [0.1, 0.15) is 11.0 Å². The number of aromatic nitrogens is 5. The van der Waals surface area contributed by atoms with Crippen LogP contribution in [0, 0.1) is 0 Å². The minimum absolute atomic E-state index is 0.239. The summed E-state index contributed by atoms with van der Waals surface area (Å²) in [5.74, 6) is 0.842. The normalized spacial score (nSPS) is 19.2. The molecular formula is C30H36N8O2. The Labute approximate surface area is 233 Å². The van der Waals surface area contributed by atoms with Crippen LogP contribution in [0.3, 0.4) is 0 Å². The van der Waals surface area contributed by atoms with Crippen molar-refractivity contribution in [2.75, 3.05) is 23.3 Å². The second-order valence-electron chi connectivity index (χ2n) is 11.5. The van der Waals surface area contributed by atoms with E-state index in [0.29, 0.717) is 46.6 Å². The largest absolute Gasteiger partial charge is 0.384 e. The van der Waals surface area contributed by atoms with Crippen LogP contribution < -0.4 is 15.8 Å². The number of nitrogens with one attached hydrogen (secondary N) is 1. The Kier molecular flexibility index (Phi) is 6.47. The van der Waals surface area contributed by atoms with E-state index in [0.717, 1.165) is 18.8 Å². The molecule has 2 saturated heterocycles. The molecule has 10 heteroatoms. The van der Waals surface area contributed by atoms with Crippen LogP contribution in [0.5, 0.6) is 0 Å². The number of fused-ring (bicyclic) bond motifs is 3. The Morgan fingerprint density at radius 2 is 1.90 bits per heavy atom. The molecule has 0 unspecified atom stereocenters. The van der Waals surface area contributed by atoms with Gasteiger partial charge in [-0.25, -0.2) is 19.3 Å². The van der Waals surface area contributed by atoms with E-state index in [1.54, 1.807) is 49.0 Å².